The Morgan fingerprint density at radius 3 is 2.08 bits per heavy atom. The third-order valence-electron chi connectivity index (χ3n) is 4.30. The lowest BCUT2D eigenvalue weighted by Crippen LogP contribution is -2.35. The van der Waals surface area contributed by atoms with E-state index in [0.29, 0.717) is 35.7 Å². The Labute approximate surface area is 139 Å². The van der Waals surface area contributed by atoms with Gasteiger partial charge in [-0.2, -0.15) is 13.2 Å². The van der Waals surface area contributed by atoms with E-state index in [1.807, 2.05) is 0 Å². The second-order valence-electron chi connectivity index (χ2n) is 5.72. The van der Waals surface area contributed by atoms with Crippen LogP contribution in [0.4, 0.5) is 13.2 Å². The second kappa shape index (κ2) is 7.77. The van der Waals surface area contributed by atoms with Gasteiger partial charge in [0, 0.05) is 18.3 Å². The molecule has 134 valence electrons. The van der Waals surface area contributed by atoms with Crippen molar-refractivity contribution in [3.05, 3.63) is 17.7 Å². The van der Waals surface area contributed by atoms with Gasteiger partial charge in [0.25, 0.3) is 0 Å². The Bertz CT molecular complexity index is 562. The van der Waals surface area contributed by atoms with E-state index in [9.17, 15) is 13.2 Å². The van der Waals surface area contributed by atoms with Gasteiger partial charge in [-0.25, -0.2) is 0 Å². The Balaban J connectivity index is 2.33. The number of alkyl halides is 3. The van der Waals surface area contributed by atoms with Crippen LogP contribution in [0.5, 0.6) is 17.2 Å². The monoisotopic (exact) mass is 345 g/mol. The number of hydrogen-bond donors (Lipinski definition) is 0. The SMILES string of the molecule is COc1cc(OC)c(C=NC2CCCCC2C(F)(F)F)c(OC)c1. The summed E-state index contributed by atoms with van der Waals surface area (Å²) >= 11 is 0. The molecule has 1 aliphatic rings. The van der Waals surface area contributed by atoms with Crippen LogP contribution in [0.25, 0.3) is 0 Å². The molecular formula is C17H22F3NO3. The lowest BCUT2D eigenvalue weighted by atomic mass is 9.84. The summed E-state index contributed by atoms with van der Waals surface area (Å²) in [7, 11) is 4.47. The van der Waals surface area contributed by atoms with E-state index >= 15 is 0 Å². The highest BCUT2D eigenvalue weighted by Gasteiger charge is 2.45. The molecule has 2 rings (SSSR count). The quantitative estimate of drug-likeness (QED) is 0.749. The molecule has 1 aliphatic carbocycles. The molecule has 1 saturated carbocycles. The van der Waals surface area contributed by atoms with Crippen LogP contribution in [0.3, 0.4) is 0 Å². The van der Waals surface area contributed by atoms with E-state index < -0.39 is 18.1 Å². The molecule has 1 fully saturated rings. The molecule has 2 unspecified atom stereocenters. The van der Waals surface area contributed by atoms with Crippen molar-refractivity contribution in [2.24, 2.45) is 10.9 Å². The Morgan fingerprint density at radius 1 is 1.00 bits per heavy atom. The first-order valence-corrected chi connectivity index (χ1v) is 7.80. The molecule has 24 heavy (non-hydrogen) atoms. The number of hydrogen-bond acceptors (Lipinski definition) is 4. The zero-order valence-corrected chi connectivity index (χ0v) is 14.0. The molecule has 0 heterocycles. The maximum atomic E-state index is 13.2. The summed E-state index contributed by atoms with van der Waals surface area (Å²) < 4.78 is 55.2. The van der Waals surface area contributed by atoms with E-state index in [1.165, 1.54) is 27.5 Å². The van der Waals surface area contributed by atoms with Crippen molar-refractivity contribution in [1.29, 1.82) is 0 Å². The third-order valence-corrected chi connectivity index (χ3v) is 4.30. The summed E-state index contributed by atoms with van der Waals surface area (Å²) in [5.41, 5.74) is 0.507. The van der Waals surface area contributed by atoms with E-state index in [4.69, 9.17) is 14.2 Å². The van der Waals surface area contributed by atoms with Crippen LogP contribution in [0.2, 0.25) is 0 Å². The number of nitrogens with zero attached hydrogens (tertiary/aromatic N) is 1. The van der Waals surface area contributed by atoms with Crippen LogP contribution in [-0.4, -0.2) is 39.8 Å². The van der Waals surface area contributed by atoms with E-state index in [0.717, 1.165) is 6.42 Å². The van der Waals surface area contributed by atoms with E-state index in [2.05, 4.69) is 4.99 Å². The zero-order chi connectivity index (χ0) is 17.7. The first-order chi connectivity index (χ1) is 11.4. The molecule has 0 spiro atoms. The number of benzene rings is 1. The molecule has 4 nitrogen and oxygen atoms in total. The summed E-state index contributed by atoms with van der Waals surface area (Å²) in [6, 6.07) is 2.52. The molecule has 0 radical (unpaired) electrons. The normalized spacial score (nSPS) is 21.8. The molecular weight excluding hydrogens is 323 g/mol. The van der Waals surface area contributed by atoms with Crippen LogP contribution < -0.4 is 14.2 Å². The molecule has 1 aromatic rings. The van der Waals surface area contributed by atoms with Gasteiger partial charge in [0.2, 0.25) is 0 Å². The van der Waals surface area contributed by atoms with Gasteiger partial charge in [0.1, 0.15) is 17.2 Å². The molecule has 0 aliphatic heterocycles. The minimum Gasteiger partial charge on any atom is -0.496 e. The van der Waals surface area contributed by atoms with Gasteiger partial charge in [-0.05, 0) is 12.8 Å². The second-order valence-corrected chi connectivity index (χ2v) is 5.72. The van der Waals surface area contributed by atoms with Crippen LogP contribution in [0.1, 0.15) is 31.2 Å². The van der Waals surface area contributed by atoms with Gasteiger partial charge in [-0.15, -0.1) is 0 Å². The standard InChI is InChI=1S/C17H22F3NO3/c1-22-11-8-15(23-2)12(16(9-11)24-3)10-21-14-7-5-4-6-13(14)17(18,19)20/h8-10,13-14H,4-7H2,1-3H3. The first-order valence-electron chi connectivity index (χ1n) is 7.80. The molecule has 0 amide bonds. The largest absolute Gasteiger partial charge is 0.496 e. The maximum Gasteiger partial charge on any atom is 0.393 e. The number of halogens is 3. The average Bonchev–Trinajstić information content (AvgIpc) is 2.58. The zero-order valence-electron chi connectivity index (χ0n) is 14.0. The fraction of sp³-hybridized carbons (Fsp3) is 0.588. The number of rotatable bonds is 5. The van der Waals surface area contributed by atoms with Crippen LogP contribution in [-0.2, 0) is 0 Å². The van der Waals surface area contributed by atoms with Crippen molar-refractivity contribution < 1.29 is 27.4 Å². The predicted octanol–water partition coefficient (Wildman–Crippen LogP) is 4.25. The molecule has 1 aromatic carbocycles. The smallest absolute Gasteiger partial charge is 0.393 e. The molecule has 0 aromatic heterocycles. The topological polar surface area (TPSA) is 40.0 Å². The number of aliphatic imine (C=N–C) groups is 1. The summed E-state index contributed by atoms with van der Waals surface area (Å²) in [6.45, 7) is 0. The predicted molar refractivity (Wildman–Crippen MR) is 85.5 cm³/mol. The minimum absolute atomic E-state index is 0.127. The lowest BCUT2D eigenvalue weighted by Gasteiger charge is -2.30. The summed E-state index contributed by atoms with van der Waals surface area (Å²) in [5.74, 6) is 0.0214. The maximum absolute atomic E-state index is 13.2. The van der Waals surface area contributed by atoms with Crippen molar-refractivity contribution in [2.45, 2.75) is 37.9 Å². The highest BCUT2D eigenvalue weighted by atomic mass is 19.4. The van der Waals surface area contributed by atoms with Crippen molar-refractivity contribution in [3.8, 4) is 17.2 Å². The molecule has 7 heteroatoms. The van der Waals surface area contributed by atoms with Crippen LogP contribution >= 0.6 is 0 Å². The molecule has 0 bridgehead atoms. The van der Waals surface area contributed by atoms with E-state index in [-0.39, 0.29) is 6.42 Å². The highest BCUT2D eigenvalue weighted by molar-refractivity contribution is 5.88. The van der Waals surface area contributed by atoms with Gasteiger partial charge in [-0.3, -0.25) is 4.99 Å². The van der Waals surface area contributed by atoms with Gasteiger partial charge in [-0.1, -0.05) is 12.8 Å². The Morgan fingerprint density at radius 2 is 1.58 bits per heavy atom. The molecule has 2 atom stereocenters. The van der Waals surface area contributed by atoms with Gasteiger partial charge in [0.15, 0.2) is 0 Å². The Hall–Kier alpha value is -1.92. The minimum atomic E-state index is -4.23. The van der Waals surface area contributed by atoms with Crippen molar-refractivity contribution in [1.82, 2.24) is 0 Å². The van der Waals surface area contributed by atoms with Crippen LogP contribution in [0.15, 0.2) is 17.1 Å². The number of ether oxygens (including phenoxy) is 3. The van der Waals surface area contributed by atoms with Gasteiger partial charge >= 0.3 is 6.18 Å². The molecule has 0 N–H and O–H groups in total. The first kappa shape index (κ1) is 18.4. The average molecular weight is 345 g/mol. The Kier molecular flexibility index (Phi) is 5.96. The van der Waals surface area contributed by atoms with Crippen LogP contribution in [0, 0.1) is 5.92 Å². The van der Waals surface area contributed by atoms with E-state index in [1.54, 1.807) is 12.1 Å². The number of methoxy groups -OCH3 is 3. The highest BCUT2D eigenvalue weighted by Crippen LogP contribution is 2.40. The lowest BCUT2D eigenvalue weighted by molar-refractivity contribution is -0.185. The summed E-state index contributed by atoms with van der Waals surface area (Å²) in [4.78, 5) is 4.23. The summed E-state index contributed by atoms with van der Waals surface area (Å²) in [6.07, 6.45) is -0.900. The van der Waals surface area contributed by atoms with Crippen molar-refractivity contribution in [2.75, 3.05) is 21.3 Å². The van der Waals surface area contributed by atoms with Gasteiger partial charge in [0.05, 0.1) is 38.9 Å². The molecule has 0 saturated heterocycles. The van der Waals surface area contributed by atoms with Gasteiger partial charge < -0.3 is 14.2 Å². The van der Waals surface area contributed by atoms with Crippen molar-refractivity contribution in [3.63, 3.8) is 0 Å². The fourth-order valence-corrected chi connectivity index (χ4v) is 3.00. The summed E-state index contributed by atoms with van der Waals surface area (Å²) in [5, 5.41) is 0. The fourth-order valence-electron chi connectivity index (χ4n) is 3.00. The van der Waals surface area contributed by atoms with Crippen molar-refractivity contribution >= 4 is 6.21 Å². The third kappa shape index (κ3) is 4.13.